The molecule has 1 saturated heterocycles. The summed E-state index contributed by atoms with van der Waals surface area (Å²) in [6.07, 6.45) is -7.84. The number of piperidine rings is 1. The second-order valence-electron chi connectivity index (χ2n) is 8.66. The fraction of sp³-hybridized carbons (Fsp3) is 0.375. The molecule has 3 aromatic rings. The summed E-state index contributed by atoms with van der Waals surface area (Å²) >= 11 is 6.25. The molecular weight excluding hydrogens is 538 g/mol. The van der Waals surface area contributed by atoms with Crippen LogP contribution in [0, 0.1) is 0 Å². The predicted molar refractivity (Wildman–Crippen MR) is 129 cm³/mol. The standard InChI is InChI=1S/C24H23ClF6N6O/c25-19-7-2-1-4-15(19)13-37-10-8-17(9-11-37)32-20-34-21(36-22(35-20)38-14-23(26,27)28)33-18-6-3-5-16(12-18)24(29,30)31/h1-7,12,17H,8-11,13-14H2,(H2,32,33,34,35,36). The predicted octanol–water partition coefficient (Wildman–Crippen LogP) is 6.31. The van der Waals surface area contributed by atoms with Gasteiger partial charge in [-0.05, 0) is 42.7 Å². The Labute approximate surface area is 219 Å². The zero-order valence-corrected chi connectivity index (χ0v) is 20.5. The number of rotatable bonds is 8. The highest BCUT2D eigenvalue weighted by molar-refractivity contribution is 6.31. The minimum absolute atomic E-state index is 0.00775. The average molecular weight is 561 g/mol. The number of anilines is 3. The minimum Gasteiger partial charge on any atom is -0.454 e. The molecule has 14 heteroatoms. The maximum atomic E-state index is 13.1. The molecule has 0 saturated carbocycles. The summed E-state index contributed by atoms with van der Waals surface area (Å²) in [5.74, 6) is -0.327. The Morgan fingerprint density at radius 1 is 0.921 bits per heavy atom. The molecule has 0 radical (unpaired) electrons. The summed E-state index contributed by atoms with van der Waals surface area (Å²) in [5.41, 5.74) is 0.0911. The molecule has 0 unspecified atom stereocenters. The molecule has 1 aliphatic heterocycles. The van der Waals surface area contributed by atoms with Gasteiger partial charge in [0.1, 0.15) is 0 Å². The van der Waals surface area contributed by atoms with Crippen LogP contribution in [-0.4, -0.2) is 51.8 Å². The number of nitrogens with one attached hydrogen (secondary N) is 2. The van der Waals surface area contributed by atoms with Gasteiger partial charge in [-0.2, -0.15) is 41.3 Å². The van der Waals surface area contributed by atoms with Crippen molar-refractivity contribution in [3.8, 4) is 6.01 Å². The van der Waals surface area contributed by atoms with Gasteiger partial charge in [-0.3, -0.25) is 4.90 Å². The zero-order valence-electron chi connectivity index (χ0n) is 19.8. The van der Waals surface area contributed by atoms with E-state index in [1.807, 2.05) is 24.3 Å². The van der Waals surface area contributed by atoms with Crippen molar-refractivity contribution < 1.29 is 31.1 Å². The monoisotopic (exact) mass is 560 g/mol. The molecule has 0 amide bonds. The third-order valence-electron chi connectivity index (χ3n) is 5.70. The van der Waals surface area contributed by atoms with Crippen LogP contribution in [0.5, 0.6) is 6.01 Å². The van der Waals surface area contributed by atoms with Gasteiger partial charge in [-0.1, -0.05) is 35.9 Å². The molecule has 1 aliphatic rings. The van der Waals surface area contributed by atoms with Gasteiger partial charge in [0.2, 0.25) is 11.9 Å². The summed E-state index contributed by atoms with van der Waals surface area (Å²) in [7, 11) is 0. The molecule has 1 fully saturated rings. The van der Waals surface area contributed by atoms with Gasteiger partial charge in [0.05, 0.1) is 5.56 Å². The Morgan fingerprint density at radius 2 is 1.63 bits per heavy atom. The van der Waals surface area contributed by atoms with E-state index in [9.17, 15) is 26.3 Å². The number of likely N-dealkylation sites (tertiary alicyclic amines) is 1. The van der Waals surface area contributed by atoms with E-state index in [-0.39, 0.29) is 23.6 Å². The molecule has 7 nitrogen and oxygen atoms in total. The average Bonchev–Trinajstić information content (AvgIpc) is 2.85. The van der Waals surface area contributed by atoms with E-state index in [1.54, 1.807) is 0 Å². The van der Waals surface area contributed by atoms with Gasteiger partial charge in [0.15, 0.2) is 6.61 Å². The van der Waals surface area contributed by atoms with Crippen LogP contribution in [-0.2, 0) is 12.7 Å². The fourth-order valence-electron chi connectivity index (χ4n) is 3.88. The highest BCUT2D eigenvalue weighted by Gasteiger charge is 2.31. The molecule has 204 valence electrons. The molecule has 0 spiro atoms. The molecule has 0 atom stereocenters. The summed E-state index contributed by atoms with van der Waals surface area (Å²) < 4.78 is 81.9. The van der Waals surface area contributed by atoms with E-state index in [1.165, 1.54) is 12.1 Å². The molecular formula is C24H23ClF6N6O. The number of hydrogen-bond acceptors (Lipinski definition) is 7. The SMILES string of the molecule is FC(F)(F)COc1nc(Nc2cccc(C(F)(F)F)c2)nc(NC2CCN(Cc3ccccc3Cl)CC2)n1. The summed E-state index contributed by atoms with van der Waals surface area (Å²) in [4.78, 5) is 14.1. The molecule has 4 rings (SSSR count). The number of alkyl halides is 6. The van der Waals surface area contributed by atoms with Crippen molar-refractivity contribution in [1.29, 1.82) is 0 Å². The van der Waals surface area contributed by atoms with Gasteiger partial charge < -0.3 is 15.4 Å². The lowest BCUT2D eigenvalue weighted by atomic mass is 10.0. The van der Waals surface area contributed by atoms with Crippen LogP contribution in [0.25, 0.3) is 0 Å². The van der Waals surface area contributed by atoms with E-state index < -0.39 is 30.5 Å². The van der Waals surface area contributed by atoms with Gasteiger partial charge in [-0.15, -0.1) is 0 Å². The quantitative estimate of drug-likeness (QED) is 0.313. The molecule has 0 bridgehead atoms. The van der Waals surface area contributed by atoms with Crippen molar-refractivity contribution in [2.45, 2.75) is 37.8 Å². The van der Waals surface area contributed by atoms with Crippen LogP contribution in [0.2, 0.25) is 5.02 Å². The van der Waals surface area contributed by atoms with Crippen LogP contribution in [0.4, 0.5) is 43.9 Å². The fourth-order valence-corrected chi connectivity index (χ4v) is 4.07. The smallest absolute Gasteiger partial charge is 0.422 e. The number of ether oxygens (including phenoxy) is 1. The van der Waals surface area contributed by atoms with E-state index in [0.29, 0.717) is 24.4 Å². The first-order valence-corrected chi connectivity index (χ1v) is 11.9. The lowest BCUT2D eigenvalue weighted by Gasteiger charge is -2.32. The highest BCUT2D eigenvalue weighted by Crippen LogP contribution is 2.31. The number of hydrogen-bond donors (Lipinski definition) is 2. The van der Waals surface area contributed by atoms with Gasteiger partial charge in [0.25, 0.3) is 0 Å². The Balaban J connectivity index is 1.45. The van der Waals surface area contributed by atoms with Crippen LogP contribution < -0.4 is 15.4 Å². The second kappa shape index (κ2) is 11.6. The Kier molecular flexibility index (Phi) is 8.46. The lowest BCUT2D eigenvalue weighted by molar-refractivity contribution is -0.154. The summed E-state index contributed by atoms with van der Waals surface area (Å²) in [6, 6.07) is 11.1. The van der Waals surface area contributed by atoms with E-state index in [0.717, 1.165) is 30.8 Å². The lowest BCUT2D eigenvalue weighted by Crippen LogP contribution is -2.39. The Bertz CT molecular complexity index is 1230. The van der Waals surface area contributed by atoms with Crippen molar-refractivity contribution in [3.63, 3.8) is 0 Å². The molecule has 0 aliphatic carbocycles. The van der Waals surface area contributed by atoms with E-state index in [2.05, 4.69) is 35.2 Å². The zero-order chi connectivity index (χ0) is 27.3. The first kappa shape index (κ1) is 27.7. The third-order valence-corrected chi connectivity index (χ3v) is 6.07. The molecule has 1 aromatic heterocycles. The maximum absolute atomic E-state index is 13.1. The van der Waals surface area contributed by atoms with Crippen LogP contribution in [0.15, 0.2) is 48.5 Å². The van der Waals surface area contributed by atoms with Crippen molar-refractivity contribution in [2.24, 2.45) is 0 Å². The normalized spacial score (nSPS) is 15.3. The van der Waals surface area contributed by atoms with Crippen LogP contribution in [0.1, 0.15) is 24.0 Å². The van der Waals surface area contributed by atoms with Gasteiger partial charge >= 0.3 is 18.4 Å². The molecule has 2 aromatic carbocycles. The number of halogens is 7. The van der Waals surface area contributed by atoms with Crippen LogP contribution >= 0.6 is 11.6 Å². The largest absolute Gasteiger partial charge is 0.454 e. The van der Waals surface area contributed by atoms with Gasteiger partial charge in [-0.25, -0.2) is 0 Å². The topological polar surface area (TPSA) is 75.2 Å². The van der Waals surface area contributed by atoms with Gasteiger partial charge in [0, 0.05) is 36.4 Å². The highest BCUT2D eigenvalue weighted by atomic mass is 35.5. The Hall–Kier alpha value is -3.32. The Morgan fingerprint density at radius 3 is 2.32 bits per heavy atom. The van der Waals surface area contributed by atoms with E-state index in [4.69, 9.17) is 11.6 Å². The molecule has 2 N–H and O–H groups in total. The van der Waals surface area contributed by atoms with E-state index >= 15 is 0 Å². The second-order valence-corrected chi connectivity index (χ2v) is 9.07. The first-order chi connectivity index (χ1) is 17.9. The third kappa shape index (κ3) is 8.09. The van der Waals surface area contributed by atoms with Crippen molar-refractivity contribution in [3.05, 3.63) is 64.7 Å². The summed E-state index contributed by atoms with van der Waals surface area (Å²) in [6.45, 7) is 0.486. The number of benzene rings is 2. The van der Waals surface area contributed by atoms with Crippen molar-refractivity contribution >= 4 is 29.2 Å². The number of aromatic nitrogens is 3. The minimum atomic E-state index is -4.64. The van der Waals surface area contributed by atoms with Crippen LogP contribution in [0.3, 0.4) is 0 Å². The summed E-state index contributed by atoms with van der Waals surface area (Å²) in [5, 5.41) is 6.35. The van der Waals surface area contributed by atoms with Crippen molar-refractivity contribution in [2.75, 3.05) is 30.3 Å². The van der Waals surface area contributed by atoms with Crippen molar-refractivity contribution in [1.82, 2.24) is 19.9 Å². The molecule has 2 heterocycles. The first-order valence-electron chi connectivity index (χ1n) is 11.6. The number of nitrogens with zero attached hydrogens (tertiary/aromatic N) is 4. The molecule has 38 heavy (non-hydrogen) atoms. The maximum Gasteiger partial charge on any atom is 0.422 e.